The molecule has 0 radical (unpaired) electrons. The summed E-state index contributed by atoms with van der Waals surface area (Å²) < 4.78 is 6.40. The van der Waals surface area contributed by atoms with Crippen LogP contribution in [-0.4, -0.2) is 33.5 Å². The van der Waals surface area contributed by atoms with E-state index in [1.165, 1.54) is 13.2 Å². The normalized spacial score (nSPS) is 11.2. The Hall–Kier alpha value is -3.55. The number of carbonyl (C=O) groups excluding carboxylic acids is 1. The Kier molecular flexibility index (Phi) is 4.74. The number of hydrogen-bond donors (Lipinski definition) is 1. The predicted octanol–water partition coefficient (Wildman–Crippen LogP) is 3.47. The van der Waals surface area contributed by atoms with Crippen LogP contribution >= 0.6 is 0 Å². The largest absolute Gasteiger partial charge is 0.478 e. The van der Waals surface area contributed by atoms with Crippen molar-refractivity contribution in [3.8, 4) is 0 Å². The minimum absolute atomic E-state index is 0.0374. The van der Waals surface area contributed by atoms with Gasteiger partial charge in [-0.1, -0.05) is 12.1 Å². The zero-order valence-electron chi connectivity index (χ0n) is 14.2. The summed E-state index contributed by atoms with van der Waals surface area (Å²) >= 11 is 0. The van der Waals surface area contributed by atoms with Crippen LogP contribution in [0.5, 0.6) is 0 Å². The van der Waals surface area contributed by atoms with Crippen molar-refractivity contribution in [3.05, 3.63) is 59.4 Å². The number of carbonyl (C=O) groups is 2. The van der Waals surface area contributed by atoms with E-state index in [1.807, 2.05) is 19.1 Å². The summed E-state index contributed by atoms with van der Waals surface area (Å²) in [6.45, 7) is 1.93. The van der Waals surface area contributed by atoms with Gasteiger partial charge in [-0.05, 0) is 36.8 Å². The number of aryl methyl sites for hydroxylation is 1. The van der Waals surface area contributed by atoms with Crippen molar-refractivity contribution in [1.82, 2.24) is 9.38 Å². The third-order valence-corrected chi connectivity index (χ3v) is 3.75. The highest BCUT2D eigenvalue weighted by Gasteiger charge is 2.16. The lowest BCUT2D eigenvalue weighted by atomic mass is 10.2. The smallest absolute Gasteiger partial charge is 0.337 e. The zero-order chi connectivity index (χ0) is 18.7. The van der Waals surface area contributed by atoms with E-state index in [0.29, 0.717) is 17.2 Å². The van der Waals surface area contributed by atoms with Crippen LogP contribution in [0.4, 0.5) is 11.5 Å². The van der Waals surface area contributed by atoms with Crippen molar-refractivity contribution in [2.75, 3.05) is 7.11 Å². The lowest BCUT2D eigenvalue weighted by molar-refractivity contribution is -0.139. The van der Waals surface area contributed by atoms with Gasteiger partial charge in [0.2, 0.25) is 0 Å². The molecule has 0 atom stereocenters. The van der Waals surface area contributed by atoms with E-state index in [2.05, 4.69) is 15.2 Å². The number of benzene rings is 1. The van der Waals surface area contributed by atoms with E-state index < -0.39 is 11.9 Å². The van der Waals surface area contributed by atoms with E-state index in [9.17, 15) is 14.7 Å². The highest BCUT2D eigenvalue weighted by molar-refractivity contribution is 5.93. The van der Waals surface area contributed by atoms with Gasteiger partial charge in [-0.15, -0.1) is 10.2 Å². The van der Waals surface area contributed by atoms with Crippen LogP contribution in [0.2, 0.25) is 0 Å². The topological polar surface area (TPSA) is 106 Å². The number of azo groups is 1. The fourth-order valence-electron chi connectivity index (χ4n) is 2.46. The fraction of sp³-hybridized carbons (Fsp3) is 0.167. The van der Waals surface area contributed by atoms with Crippen molar-refractivity contribution >= 4 is 29.1 Å². The molecular weight excluding hydrogens is 336 g/mol. The number of carboxylic acids is 1. The van der Waals surface area contributed by atoms with E-state index in [0.717, 1.165) is 5.56 Å². The van der Waals surface area contributed by atoms with Gasteiger partial charge in [0.05, 0.1) is 24.8 Å². The Morgan fingerprint density at radius 2 is 2.00 bits per heavy atom. The predicted molar refractivity (Wildman–Crippen MR) is 93.2 cm³/mol. The average molecular weight is 352 g/mol. The van der Waals surface area contributed by atoms with Gasteiger partial charge in [-0.25, -0.2) is 9.78 Å². The lowest BCUT2D eigenvalue weighted by Crippen LogP contribution is -2.04. The van der Waals surface area contributed by atoms with Gasteiger partial charge < -0.3 is 9.84 Å². The number of aromatic carboxylic acids is 1. The van der Waals surface area contributed by atoms with Crippen LogP contribution < -0.4 is 0 Å². The number of methoxy groups -OCH3 is 1. The first-order valence-electron chi connectivity index (χ1n) is 7.78. The SMILES string of the molecule is COC(=O)Cc1nc2cc(C)ccn2c1N=Nc1ccccc1C(=O)O. The number of imidazole rings is 1. The minimum Gasteiger partial charge on any atom is -0.478 e. The first-order valence-corrected chi connectivity index (χ1v) is 7.78. The summed E-state index contributed by atoms with van der Waals surface area (Å²) in [4.78, 5) is 27.4. The molecule has 8 heteroatoms. The molecule has 2 heterocycles. The molecule has 3 aromatic rings. The number of pyridine rings is 1. The second-order valence-corrected chi connectivity index (χ2v) is 5.59. The number of nitrogens with zero attached hydrogens (tertiary/aromatic N) is 4. The highest BCUT2D eigenvalue weighted by atomic mass is 16.5. The molecular formula is C18H16N4O4. The molecule has 2 aromatic heterocycles. The second-order valence-electron chi connectivity index (χ2n) is 5.59. The van der Waals surface area contributed by atoms with Crippen molar-refractivity contribution in [1.29, 1.82) is 0 Å². The molecule has 0 saturated heterocycles. The molecule has 1 N–H and O–H groups in total. The molecule has 0 saturated carbocycles. The summed E-state index contributed by atoms with van der Waals surface area (Å²) in [6, 6.07) is 10.0. The summed E-state index contributed by atoms with van der Waals surface area (Å²) in [5.74, 6) is -1.19. The number of rotatable bonds is 5. The van der Waals surface area contributed by atoms with Crippen LogP contribution in [0, 0.1) is 6.92 Å². The molecule has 0 unspecified atom stereocenters. The minimum atomic E-state index is -1.09. The van der Waals surface area contributed by atoms with Crippen LogP contribution in [0.15, 0.2) is 52.8 Å². The van der Waals surface area contributed by atoms with Crippen molar-refractivity contribution in [3.63, 3.8) is 0 Å². The standard InChI is InChI=1S/C18H16N4O4/c1-11-7-8-22-15(9-11)19-14(10-16(23)26-2)17(22)21-20-13-6-4-3-5-12(13)18(24)25/h3-9H,10H2,1-2H3,(H,24,25). The van der Waals surface area contributed by atoms with Crippen molar-refractivity contribution in [2.45, 2.75) is 13.3 Å². The van der Waals surface area contributed by atoms with Gasteiger partial charge in [-0.3, -0.25) is 9.20 Å². The Morgan fingerprint density at radius 1 is 1.23 bits per heavy atom. The zero-order valence-corrected chi connectivity index (χ0v) is 14.2. The Labute approximate surface area is 148 Å². The van der Waals surface area contributed by atoms with E-state index in [-0.39, 0.29) is 17.7 Å². The number of ether oxygens (including phenoxy) is 1. The van der Waals surface area contributed by atoms with Gasteiger partial charge in [-0.2, -0.15) is 0 Å². The number of fused-ring (bicyclic) bond motifs is 1. The summed E-state index contributed by atoms with van der Waals surface area (Å²) in [7, 11) is 1.30. The maximum absolute atomic E-state index is 11.7. The third-order valence-electron chi connectivity index (χ3n) is 3.75. The van der Waals surface area contributed by atoms with Crippen LogP contribution in [0.25, 0.3) is 5.65 Å². The van der Waals surface area contributed by atoms with Gasteiger partial charge in [0.25, 0.3) is 0 Å². The maximum atomic E-state index is 11.7. The Bertz CT molecular complexity index is 1020. The molecule has 8 nitrogen and oxygen atoms in total. The molecule has 0 aliphatic rings. The summed E-state index contributed by atoms with van der Waals surface area (Å²) in [5, 5.41) is 17.5. The molecule has 26 heavy (non-hydrogen) atoms. The number of carboxylic acid groups (broad SMARTS) is 1. The lowest BCUT2D eigenvalue weighted by Gasteiger charge is -2.01. The van der Waals surface area contributed by atoms with Crippen LogP contribution in [0.1, 0.15) is 21.6 Å². The molecule has 0 bridgehead atoms. The Balaban J connectivity index is 2.10. The van der Waals surface area contributed by atoms with Crippen LogP contribution in [0.3, 0.4) is 0 Å². The molecule has 1 aromatic carbocycles. The van der Waals surface area contributed by atoms with E-state index >= 15 is 0 Å². The van der Waals surface area contributed by atoms with Gasteiger partial charge in [0, 0.05) is 6.20 Å². The first-order chi connectivity index (χ1) is 12.5. The molecule has 0 fully saturated rings. The highest BCUT2D eigenvalue weighted by Crippen LogP contribution is 2.27. The molecule has 0 aliphatic heterocycles. The second kappa shape index (κ2) is 7.14. The fourth-order valence-corrected chi connectivity index (χ4v) is 2.46. The number of hydrogen-bond acceptors (Lipinski definition) is 6. The summed E-state index contributed by atoms with van der Waals surface area (Å²) in [6.07, 6.45) is 1.71. The van der Waals surface area contributed by atoms with E-state index in [4.69, 9.17) is 4.74 Å². The van der Waals surface area contributed by atoms with Crippen LogP contribution in [-0.2, 0) is 16.0 Å². The van der Waals surface area contributed by atoms with Gasteiger partial charge in [0.1, 0.15) is 11.3 Å². The van der Waals surface area contributed by atoms with Crippen molar-refractivity contribution < 1.29 is 19.4 Å². The quantitative estimate of drug-likeness (QED) is 0.559. The molecule has 0 amide bonds. The third kappa shape index (κ3) is 3.44. The number of esters is 1. The van der Waals surface area contributed by atoms with Gasteiger partial charge >= 0.3 is 11.9 Å². The maximum Gasteiger partial charge on any atom is 0.337 e. The van der Waals surface area contributed by atoms with E-state index in [1.54, 1.807) is 28.8 Å². The molecule has 132 valence electrons. The van der Waals surface area contributed by atoms with Crippen molar-refractivity contribution in [2.24, 2.45) is 10.2 Å². The number of aromatic nitrogens is 2. The summed E-state index contributed by atoms with van der Waals surface area (Å²) in [5.41, 5.74) is 2.27. The first kappa shape index (κ1) is 17.3. The molecule has 3 rings (SSSR count). The molecule has 0 aliphatic carbocycles. The molecule has 0 spiro atoms. The Morgan fingerprint density at radius 3 is 2.73 bits per heavy atom. The van der Waals surface area contributed by atoms with Gasteiger partial charge in [0.15, 0.2) is 5.82 Å². The monoisotopic (exact) mass is 352 g/mol. The average Bonchev–Trinajstić information content (AvgIpc) is 2.95.